The Morgan fingerprint density at radius 1 is 1.20 bits per heavy atom. The summed E-state index contributed by atoms with van der Waals surface area (Å²) in [6.45, 7) is 0.756. The minimum atomic E-state index is 0.333. The Labute approximate surface area is 136 Å². The van der Waals surface area contributed by atoms with Crippen LogP contribution in [0.25, 0.3) is 0 Å². The molecule has 0 fully saturated rings. The summed E-state index contributed by atoms with van der Waals surface area (Å²) < 4.78 is 7.19. The first-order valence-electron chi connectivity index (χ1n) is 7.07. The number of para-hydroxylation sites is 1. The summed E-state index contributed by atoms with van der Waals surface area (Å²) >= 11 is 4.39. The van der Waals surface area contributed by atoms with Crippen LogP contribution in [0.15, 0.2) is 30.3 Å². The van der Waals surface area contributed by atoms with E-state index in [0.717, 1.165) is 12.4 Å². The van der Waals surface area contributed by atoms with Gasteiger partial charge >= 0.3 is 0 Å². The number of thiophene rings is 1. The molecule has 0 saturated heterocycles. The van der Waals surface area contributed by atoms with Gasteiger partial charge in [-0.25, -0.2) is 0 Å². The van der Waals surface area contributed by atoms with Gasteiger partial charge in [-0.05, 0) is 59.5 Å². The number of benzene rings is 1. The van der Waals surface area contributed by atoms with E-state index in [-0.39, 0.29) is 0 Å². The molecule has 1 aliphatic carbocycles. The molecule has 2 heterocycles. The highest BCUT2D eigenvalue weighted by molar-refractivity contribution is 14.1. The van der Waals surface area contributed by atoms with Gasteiger partial charge in [0, 0.05) is 16.5 Å². The van der Waals surface area contributed by atoms with E-state index in [2.05, 4.69) is 52.2 Å². The fourth-order valence-electron chi connectivity index (χ4n) is 3.24. The van der Waals surface area contributed by atoms with Gasteiger partial charge in [0.05, 0.1) is 8.93 Å². The summed E-state index contributed by atoms with van der Waals surface area (Å²) in [5.74, 6) is 1.04. The molecule has 1 N–H and O–H groups in total. The number of fused-ring (bicyclic) bond motifs is 2. The molecule has 2 atom stereocenters. The van der Waals surface area contributed by atoms with E-state index in [1.165, 1.54) is 33.3 Å². The molecule has 20 heavy (non-hydrogen) atoms. The van der Waals surface area contributed by atoms with Crippen molar-refractivity contribution in [3.8, 4) is 5.75 Å². The molecular weight excluding hydrogens is 381 g/mol. The molecule has 2 nitrogen and oxygen atoms in total. The number of nitrogens with one attached hydrogen (secondary N) is 1. The van der Waals surface area contributed by atoms with Gasteiger partial charge in [-0.2, -0.15) is 0 Å². The van der Waals surface area contributed by atoms with Gasteiger partial charge in [0.25, 0.3) is 0 Å². The molecule has 4 rings (SSSR count). The molecular formula is C16H16INOS. The topological polar surface area (TPSA) is 21.3 Å². The first-order chi connectivity index (χ1) is 9.81. The number of aryl methyl sites for hydroxylation is 1. The molecule has 2 unspecified atom stereocenters. The maximum absolute atomic E-state index is 5.78. The molecule has 4 heteroatoms. The van der Waals surface area contributed by atoms with Crippen LogP contribution in [0.2, 0.25) is 0 Å². The first kappa shape index (κ1) is 13.1. The van der Waals surface area contributed by atoms with Gasteiger partial charge in [0.2, 0.25) is 0 Å². The zero-order valence-electron chi connectivity index (χ0n) is 11.1. The lowest BCUT2D eigenvalue weighted by atomic mass is 9.93. The smallest absolute Gasteiger partial charge is 0.124 e. The molecule has 0 amide bonds. The fourth-order valence-corrected chi connectivity index (χ4v) is 5.36. The van der Waals surface area contributed by atoms with E-state index >= 15 is 0 Å². The van der Waals surface area contributed by atoms with Crippen molar-refractivity contribution >= 4 is 33.9 Å². The van der Waals surface area contributed by atoms with Gasteiger partial charge in [0.1, 0.15) is 12.4 Å². The standard InChI is InChI=1S/C16H16INOS/c17-16-8-11-12(5-3-7-15(11)20-16)18-13-9-19-14-6-2-1-4-10(13)14/h1-2,4,6,8,12-13,18H,3,5,7,9H2. The van der Waals surface area contributed by atoms with Gasteiger partial charge in [-0.1, -0.05) is 18.2 Å². The Balaban J connectivity index is 1.59. The van der Waals surface area contributed by atoms with Crippen LogP contribution in [0.4, 0.5) is 0 Å². The van der Waals surface area contributed by atoms with Crippen LogP contribution in [0, 0.1) is 2.88 Å². The van der Waals surface area contributed by atoms with Crippen LogP contribution in [0.5, 0.6) is 5.75 Å². The van der Waals surface area contributed by atoms with Crippen molar-refractivity contribution in [2.45, 2.75) is 31.3 Å². The lowest BCUT2D eigenvalue weighted by Crippen LogP contribution is -2.29. The third kappa shape index (κ3) is 2.27. The fraction of sp³-hybridized carbons (Fsp3) is 0.375. The van der Waals surface area contributed by atoms with Gasteiger partial charge < -0.3 is 10.1 Å². The van der Waals surface area contributed by atoms with Gasteiger partial charge in [-0.15, -0.1) is 11.3 Å². The summed E-state index contributed by atoms with van der Waals surface area (Å²) in [5.41, 5.74) is 2.83. The second-order valence-corrected chi connectivity index (χ2v) is 8.47. The summed E-state index contributed by atoms with van der Waals surface area (Å²) in [5, 5.41) is 3.82. The Morgan fingerprint density at radius 2 is 2.10 bits per heavy atom. The first-order valence-corrected chi connectivity index (χ1v) is 8.96. The highest BCUT2D eigenvalue weighted by Gasteiger charge is 2.29. The van der Waals surface area contributed by atoms with Crippen molar-refractivity contribution in [2.24, 2.45) is 0 Å². The van der Waals surface area contributed by atoms with Crippen LogP contribution in [-0.2, 0) is 6.42 Å². The molecule has 2 aromatic rings. The van der Waals surface area contributed by atoms with E-state index in [9.17, 15) is 0 Å². The number of halogens is 1. The van der Waals surface area contributed by atoms with Crippen molar-refractivity contribution in [3.05, 3.63) is 49.2 Å². The number of hydrogen-bond donors (Lipinski definition) is 1. The predicted octanol–water partition coefficient (Wildman–Crippen LogP) is 4.45. The zero-order valence-corrected chi connectivity index (χ0v) is 14.0. The maximum Gasteiger partial charge on any atom is 0.124 e. The van der Waals surface area contributed by atoms with Crippen LogP contribution in [-0.4, -0.2) is 6.61 Å². The van der Waals surface area contributed by atoms with E-state index in [4.69, 9.17) is 4.74 Å². The Bertz CT molecular complexity index is 639. The van der Waals surface area contributed by atoms with Crippen molar-refractivity contribution in [3.63, 3.8) is 0 Å². The van der Waals surface area contributed by atoms with E-state index in [1.54, 1.807) is 4.88 Å². The van der Waals surface area contributed by atoms with Crippen molar-refractivity contribution < 1.29 is 4.74 Å². The second kappa shape index (κ2) is 5.31. The Kier molecular flexibility index (Phi) is 3.48. The highest BCUT2D eigenvalue weighted by atomic mass is 127. The normalized spacial score (nSPS) is 24.1. The third-order valence-corrected chi connectivity index (χ3v) is 6.16. The molecule has 0 radical (unpaired) electrons. The molecule has 2 aliphatic rings. The van der Waals surface area contributed by atoms with Crippen molar-refractivity contribution in [1.82, 2.24) is 5.32 Å². The molecule has 0 saturated carbocycles. The van der Waals surface area contributed by atoms with E-state index in [0.29, 0.717) is 12.1 Å². The lowest BCUT2D eigenvalue weighted by molar-refractivity contribution is 0.290. The van der Waals surface area contributed by atoms with Crippen molar-refractivity contribution in [2.75, 3.05) is 6.61 Å². The van der Waals surface area contributed by atoms with E-state index in [1.807, 2.05) is 17.4 Å². The van der Waals surface area contributed by atoms with Crippen LogP contribution in [0.1, 0.15) is 40.9 Å². The Morgan fingerprint density at radius 3 is 3.05 bits per heavy atom. The molecule has 0 bridgehead atoms. The summed E-state index contributed by atoms with van der Waals surface area (Å²) in [6.07, 6.45) is 3.77. The maximum atomic E-state index is 5.78. The average molecular weight is 397 g/mol. The summed E-state index contributed by atoms with van der Waals surface area (Å²) in [6, 6.07) is 11.6. The third-order valence-electron chi connectivity index (χ3n) is 4.19. The van der Waals surface area contributed by atoms with Crippen LogP contribution in [0.3, 0.4) is 0 Å². The largest absolute Gasteiger partial charge is 0.491 e. The quantitative estimate of drug-likeness (QED) is 0.756. The number of ether oxygens (including phenoxy) is 1. The average Bonchev–Trinajstić information content (AvgIpc) is 3.03. The number of hydrogen-bond acceptors (Lipinski definition) is 3. The van der Waals surface area contributed by atoms with Crippen molar-refractivity contribution in [1.29, 1.82) is 0 Å². The summed E-state index contributed by atoms with van der Waals surface area (Å²) in [4.78, 5) is 1.57. The predicted molar refractivity (Wildman–Crippen MR) is 90.5 cm³/mol. The zero-order chi connectivity index (χ0) is 13.5. The second-order valence-electron chi connectivity index (χ2n) is 5.44. The minimum absolute atomic E-state index is 0.333. The monoisotopic (exact) mass is 397 g/mol. The van der Waals surface area contributed by atoms with Gasteiger partial charge in [0.15, 0.2) is 0 Å². The SMILES string of the molecule is Ic1cc2c(s1)CCCC2NC1COc2ccccc21. The summed E-state index contributed by atoms with van der Waals surface area (Å²) in [7, 11) is 0. The molecule has 1 aliphatic heterocycles. The molecule has 1 aromatic carbocycles. The molecule has 0 spiro atoms. The molecule has 1 aromatic heterocycles. The molecule has 104 valence electrons. The Hall–Kier alpha value is -0.590. The van der Waals surface area contributed by atoms with Gasteiger partial charge in [-0.3, -0.25) is 0 Å². The number of rotatable bonds is 2. The lowest BCUT2D eigenvalue weighted by Gasteiger charge is -2.26. The van der Waals surface area contributed by atoms with Crippen LogP contribution >= 0.6 is 33.9 Å². The van der Waals surface area contributed by atoms with Crippen LogP contribution < -0.4 is 10.1 Å². The minimum Gasteiger partial charge on any atom is -0.491 e. The highest BCUT2D eigenvalue weighted by Crippen LogP contribution is 2.39. The van der Waals surface area contributed by atoms with E-state index < -0.39 is 0 Å².